The Hall–Kier alpha value is -1.09. The van der Waals surface area contributed by atoms with Gasteiger partial charge in [0, 0.05) is 10.0 Å². The highest BCUT2D eigenvalue weighted by Gasteiger charge is 2.05. The molecule has 0 aromatic heterocycles. The van der Waals surface area contributed by atoms with Crippen LogP contribution in [0.1, 0.15) is 30.1 Å². The molecular weight excluding hydrogens is 268 g/mol. The zero-order chi connectivity index (χ0) is 12.0. The van der Waals surface area contributed by atoms with Gasteiger partial charge >= 0.3 is 0 Å². The highest BCUT2D eigenvalue weighted by molar-refractivity contribution is 9.10. The predicted octanol–water partition coefficient (Wildman–Crippen LogP) is 4.00. The highest BCUT2D eigenvalue weighted by atomic mass is 79.9. The molecule has 0 aliphatic heterocycles. The lowest BCUT2D eigenvalue weighted by Gasteiger charge is -2.07. The first kappa shape index (κ1) is 13.0. The first-order chi connectivity index (χ1) is 7.65. The zero-order valence-electron chi connectivity index (χ0n) is 9.33. The van der Waals surface area contributed by atoms with E-state index in [0.717, 1.165) is 23.1 Å². The third-order valence-corrected chi connectivity index (χ3v) is 2.80. The minimum Gasteiger partial charge on any atom is -0.494 e. The number of hydrogen-bond acceptors (Lipinski definition) is 2. The van der Waals surface area contributed by atoms with Crippen molar-refractivity contribution in [3.8, 4) is 5.75 Å². The van der Waals surface area contributed by atoms with Crippen LogP contribution in [0.2, 0.25) is 0 Å². The summed E-state index contributed by atoms with van der Waals surface area (Å²) < 4.78 is 6.31. The van der Waals surface area contributed by atoms with Gasteiger partial charge < -0.3 is 4.74 Å². The molecule has 0 spiro atoms. The normalized spacial score (nSPS) is 9.88. The Bertz CT molecular complexity index is 386. The smallest absolute Gasteiger partial charge is 0.160 e. The van der Waals surface area contributed by atoms with Gasteiger partial charge in [-0.1, -0.05) is 6.08 Å². The Kier molecular flexibility index (Phi) is 5.26. The van der Waals surface area contributed by atoms with E-state index in [4.69, 9.17) is 4.74 Å². The molecule has 0 unspecified atom stereocenters. The van der Waals surface area contributed by atoms with Crippen molar-refractivity contribution in [1.82, 2.24) is 0 Å². The van der Waals surface area contributed by atoms with E-state index in [0.29, 0.717) is 12.2 Å². The largest absolute Gasteiger partial charge is 0.494 e. The Balaban J connectivity index is 2.59. The van der Waals surface area contributed by atoms with Gasteiger partial charge in [0.25, 0.3) is 0 Å². The molecule has 0 bridgehead atoms. The van der Waals surface area contributed by atoms with Crippen LogP contribution < -0.4 is 4.74 Å². The monoisotopic (exact) mass is 282 g/mol. The van der Waals surface area contributed by atoms with E-state index < -0.39 is 0 Å². The number of carbonyl (C=O) groups excluding carboxylic acids is 1. The summed E-state index contributed by atoms with van der Waals surface area (Å²) in [7, 11) is 0. The van der Waals surface area contributed by atoms with Crippen LogP contribution in [0.5, 0.6) is 5.75 Å². The van der Waals surface area contributed by atoms with E-state index in [1.165, 1.54) is 0 Å². The molecular formula is C13H15BrO2. The maximum absolute atomic E-state index is 11.2. The number of carbonyl (C=O) groups is 1. The molecule has 1 rings (SSSR count). The second-order valence-corrected chi connectivity index (χ2v) is 4.33. The Labute approximate surface area is 104 Å². The Morgan fingerprint density at radius 1 is 1.56 bits per heavy atom. The van der Waals surface area contributed by atoms with Crippen LogP contribution in [0.15, 0.2) is 35.3 Å². The van der Waals surface area contributed by atoms with Crippen LogP contribution in [0.3, 0.4) is 0 Å². The van der Waals surface area contributed by atoms with E-state index in [2.05, 4.69) is 22.5 Å². The average molecular weight is 283 g/mol. The highest BCUT2D eigenvalue weighted by Crippen LogP contribution is 2.23. The summed E-state index contributed by atoms with van der Waals surface area (Å²) in [5.74, 6) is 0.825. The molecule has 0 amide bonds. The lowest BCUT2D eigenvalue weighted by atomic mass is 10.1. The van der Waals surface area contributed by atoms with Crippen molar-refractivity contribution in [2.45, 2.75) is 19.8 Å². The van der Waals surface area contributed by atoms with Gasteiger partial charge in [0.15, 0.2) is 5.78 Å². The minimum absolute atomic E-state index is 0.0464. The van der Waals surface area contributed by atoms with Crippen LogP contribution in [0.25, 0.3) is 0 Å². The second-order valence-electron chi connectivity index (χ2n) is 3.48. The van der Waals surface area contributed by atoms with Gasteiger partial charge in [-0.25, -0.2) is 0 Å². The number of hydrogen-bond donors (Lipinski definition) is 0. The molecule has 86 valence electrons. The number of unbranched alkanes of at least 4 members (excludes halogenated alkanes) is 1. The van der Waals surface area contributed by atoms with Gasteiger partial charge in [-0.3, -0.25) is 4.79 Å². The van der Waals surface area contributed by atoms with Crippen molar-refractivity contribution < 1.29 is 9.53 Å². The molecule has 1 aromatic rings. The first-order valence-corrected chi connectivity index (χ1v) is 5.98. The van der Waals surface area contributed by atoms with Crippen LogP contribution in [0, 0.1) is 0 Å². The molecule has 2 nitrogen and oxygen atoms in total. The lowest BCUT2D eigenvalue weighted by Crippen LogP contribution is -1.98. The van der Waals surface area contributed by atoms with Crippen LogP contribution in [-0.2, 0) is 0 Å². The predicted molar refractivity (Wildman–Crippen MR) is 69.1 cm³/mol. The summed E-state index contributed by atoms with van der Waals surface area (Å²) >= 11 is 3.35. The van der Waals surface area contributed by atoms with Gasteiger partial charge in [0.1, 0.15) is 5.75 Å². The number of ketones is 1. The molecule has 3 heteroatoms. The quantitative estimate of drug-likeness (QED) is 0.448. The molecule has 0 heterocycles. The second kappa shape index (κ2) is 6.48. The summed E-state index contributed by atoms with van der Waals surface area (Å²) in [6.45, 7) is 5.86. The summed E-state index contributed by atoms with van der Waals surface area (Å²) in [6, 6.07) is 5.41. The van der Waals surface area contributed by atoms with Crippen LogP contribution in [-0.4, -0.2) is 12.4 Å². The van der Waals surface area contributed by atoms with Crippen molar-refractivity contribution in [1.29, 1.82) is 0 Å². The Morgan fingerprint density at radius 3 is 2.88 bits per heavy atom. The van der Waals surface area contributed by atoms with Gasteiger partial charge in [0.05, 0.1) is 6.61 Å². The SMILES string of the molecule is C=CCCCOc1ccc(C(C)=O)c(Br)c1. The van der Waals surface area contributed by atoms with Crippen molar-refractivity contribution >= 4 is 21.7 Å². The van der Waals surface area contributed by atoms with Crippen LogP contribution >= 0.6 is 15.9 Å². The molecule has 0 saturated carbocycles. The number of ether oxygens (including phenoxy) is 1. The summed E-state index contributed by atoms with van der Waals surface area (Å²) in [6.07, 6.45) is 3.78. The van der Waals surface area contributed by atoms with Crippen molar-refractivity contribution in [3.63, 3.8) is 0 Å². The number of rotatable bonds is 6. The van der Waals surface area contributed by atoms with E-state index in [1.54, 1.807) is 13.0 Å². The maximum Gasteiger partial charge on any atom is 0.160 e. The molecule has 0 atom stereocenters. The summed E-state index contributed by atoms with van der Waals surface area (Å²) in [4.78, 5) is 11.2. The van der Waals surface area contributed by atoms with Crippen molar-refractivity contribution in [3.05, 3.63) is 40.9 Å². The molecule has 0 saturated heterocycles. The maximum atomic E-state index is 11.2. The first-order valence-electron chi connectivity index (χ1n) is 5.19. The number of Topliss-reactive ketones (excluding diaryl/α,β-unsaturated/α-hetero) is 1. The van der Waals surface area contributed by atoms with E-state index in [1.807, 2.05) is 18.2 Å². The summed E-state index contributed by atoms with van der Waals surface area (Å²) in [5.41, 5.74) is 0.679. The van der Waals surface area contributed by atoms with Gasteiger partial charge in [-0.05, 0) is 53.9 Å². The molecule has 0 aliphatic rings. The van der Waals surface area contributed by atoms with E-state index >= 15 is 0 Å². The van der Waals surface area contributed by atoms with E-state index in [9.17, 15) is 4.79 Å². The van der Waals surface area contributed by atoms with Crippen molar-refractivity contribution in [2.24, 2.45) is 0 Å². The minimum atomic E-state index is 0.0464. The molecule has 0 aliphatic carbocycles. The molecule has 1 aromatic carbocycles. The third-order valence-electron chi connectivity index (χ3n) is 2.14. The Morgan fingerprint density at radius 2 is 2.31 bits per heavy atom. The van der Waals surface area contributed by atoms with Crippen LogP contribution in [0.4, 0.5) is 0 Å². The fraction of sp³-hybridized carbons (Fsp3) is 0.308. The van der Waals surface area contributed by atoms with Gasteiger partial charge in [0.2, 0.25) is 0 Å². The standard InChI is InChI=1S/C13H15BrO2/c1-3-4-5-8-16-11-6-7-12(10(2)15)13(14)9-11/h3,6-7,9H,1,4-5,8H2,2H3. The molecule has 16 heavy (non-hydrogen) atoms. The fourth-order valence-corrected chi connectivity index (χ4v) is 1.93. The van der Waals surface area contributed by atoms with E-state index in [-0.39, 0.29) is 5.78 Å². The molecule has 0 radical (unpaired) electrons. The molecule has 0 fully saturated rings. The topological polar surface area (TPSA) is 26.3 Å². The fourth-order valence-electron chi connectivity index (χ4n) is 1.29. The molecule has 0 N–H and O–H groups in total. The van der Waals surface area contributed by atoms with Gasteiger partial charge in [-0.2, -0.15) is 0 Å². The van der Waals surface area contributed by atoms with Gasteiger partial charge in [-0.15, -0.1) is 6.58 Å². The zero-order valence-corrected chi connectivity index (χ0v) is 10.9. The third kappa shape index (κ3) is 3.81. The number of benzene rings is 1. The average Bonchev–Trinajstić information content (AvgIpc) is 2.24. The number of halogens is 1. The lowest BCUT2D eigenvalue weighted by molar-refractivity contribution is 0.101. The van der Waals surface area contributed by atoms with Crippen molar-refractivity contribution in [2.75, 3.05) is 6.61 Å². The summed E-state index contributed by atoms with van der Waals surface area (Å²) in [5, 5.41) is 0. The number of allylic oxidation sites excluding steroid dienone is 1.